The predicted octanol–water partition coefficient (Wildman–Crippen LogP) is 1.85. The van der Waals surface area contributed by atoms with Crippen LogP contribution in [0.4, 0.5) is 0 Å². The van der Waals surface area contributed by atoms with Crippen molar-refractivity contribution in [2.24, 2.45) is 0 Å². The van der Waals surface area contributed by atoms with E-state index in [0.717, 1.165) is 16.7 Å². The minimum absolute atomic E-state index is 0.165. The van der Waals surface area contributed by atoms with Crippen LogP contribution in [0.5, 0.6) is 0 Å². The number of carbonyl (C=O) groups excluding carboxylic acids is 1. The third kappa shape index (κ3) is 4.04. The molecular formula is C15H21NO4S. The van der Waals surface area contributed by atoms with Crippen molar-refractivity contribution in [3.05, 3.63) is 34.9 Å². The molecule has 2 rings (SSSR count). The summed E-state index contributed by atoms with van der Waals surface area (Å²) in [4.78, 5) is 12.0. The van der Waals surface area contributed by atoms with Crippen molar-refractivity contribution in [1.82, 2.24) is 4.31 Å². The zero-order valence-corrected chi connectivity index (χ0v) is 13.7. The quantitative estimate of drug-likeness (QED) is 0.799. The highest BCUT2D eigenvalue weighted by Gasteiger charge is 2.28. The molecule has 0 saturated carbocycles. The van der Waals surface area contributed by atoms with Gasteiger partial charge in [0.2, 0.25) is 10.0 Å². The van der Waals surface area contributed by atoms with Crippen LogP contribution >= 0.6 is 0 Å². The van der Waals surface area contributed by atoms with Crippen LogP contribution in [0.2, 0.25) is 0 Å². The molecule has 0 N–H and O–H groups in total. The Morgan fingerprint density at radius 2 is 1.95 bits per heavy atom. The molecule has 1 aliphatic heterocycles. The number of carbonyl (C=O) groups is 1. The van der Waals surface area contributed by atoms with Gasteiger partial charge in [0.25, 0.3) is 0 Å². The van der Waals surface area contributed by atoms with Crippen LogP contribution in [0.15, 0.2) is 18.2 Å². The Morgan fingerprint density at radius 1 is 1.29 bits per heavy atom. The first-order chi connectivity index (χ1) is 9.56. The van der Waals surface area contributed by atoms with E-state index in [1.807, 2.05) is 39.0 Å². The van der Waals surface area contributed by atoms with E-state index in [1.165, 1.54) is 10.6 Å². The molecule has 1 aliphatic rings. The molecule has 5 nitrogen and oxygen atoms in total. The minimum Gasteiger partial charge on any atom is -0.460 e. The molecule has 0 aromatic heterocycles. The van der Waals surface area contributed by atoms with E-state index in [-0.39, 0.29) is 12.4 Å². The lowest BCUT2D eigenvalue weighted by molar-refractivity contribution is -0.153. The fourth-order valence-corrected chi connectivity index (χ4v) is 3.13. The molecule has 0 unspecified atom stereocenters. The Hall–Kier alpha value is -1.40. The first-order valence-corrected chi connectivity index (χ1v) is 8.68. The Labute approximate surface area is 126 Å². The summed E-state index contributed by atoms with van der Waals surface area (Å²) >= 11 is 0. The molecule has 1 aromatic carbocycles. The Kier molecular flexibility index (Phi) is 4.13. The lowest BCUT2D eigenvalue weighted by atomic mass is 10.0. The fraction of sp³-hybridized carbons (Fsp3) is 0.533. The molecule has 0 radical (unpaired) electrons. The van der Waals surface area contributed by atoms with Crippen LogP contribution in [-0.4, -0.2) is 30.5 Å². The summed E-state index contributed by atoms with van der Waals surface area (Å²) in [6.07, 6.45) is 1.37. The molecule has 1 heterocycles. The van der Waals surface area contributed by atoms with Gasteiger partial charge in [-0.05, 0) is 37.5 Å². The van der Waals surface area contributed by atoms with Gasteiger partial charge in [-0.1, -0.05) is 18.2 Å². The van der Waals surface area contributed by atoms with Crippen LogP contribution in [0.3, 0.4) is 0 Å². The molecule has 0 atom stereocenters. The molecule has 0 fully saturated rings. The number of sulfonamides is 1. The lowest BCUT2D eigenvalue weighted by Crippen LogP contribution is -2.25. The van der Waals surface area contributed by atoms with Gasteiger partial charge < -0.3 is 4.74 Å². The van der Waals surface area contributed by atoms with Crippen LogP contribution < -0.4 is 0 Å². The average molecular weight is 311 g/mol. The number of ether oxygens (including phenoxy) is 1. The summed E-state index contributed by atoms with van der Waals surface area (Å²) in [7, 11) is -3.23. The first-order valence-electron chi connectivity index (χ1n) is 6.83. The molecule has 0 aliphatic carbocycles. The minimum atomic E-state index is -3.23. The maximum atomic E-state index is 12.0. The van der Waals surface area contributed by atoms with Gasteiger partial charge in [0, 0.05) is 13.1 Å². The van der Waals surface area contributed by atoms with Crippen LogP contribution in [-0.2, 0) is 39.1 Å². The van der Waals surface area contributed by atoms with Crippen molar-refractivity contribution in [2.45, 2.75) is 45.9 Å². The van der Waals surface area contributed by atoms with Crippen molar-refractivity contribution in [1.29, 1.82) is 0 Å². The summed E-state index contributed by atoms with van der Waals surface area (Å²) < 4.78 is 30.1. The first kappa shape index (κ1) is 16.0. The van der Waals surface area contributed by atoms with Gasteiger partial charge in [0.1, 0.15) is 5.60 Å². The SMILES string of the molecule is CC(C)(C)OC(=O)Cc1cccc2c1CN(S(C)(=O)=O)C2. The van der Waals surface area contributed by atoms with E-state index in [0.29, 0.717) is 13.1 Å². The maximum absolute atomic E-state index is 12.0. The van der Waals surface area contributed by atoms with E-state index >= 15 is 0 Å². The van der Waals surface area contributed by atoms with E-state index in [9.17, 15) is 13.2 Å². The van der Waals surface area contributed by atoms with Gasteiger partial charge in [-0.2, -0.15) is 4.31 Å². The number of benzene rings is 1. The van der Waals surface area contributed by atoms with Gasteiger partial charge in [-0.3, -0.25) is 4.79 Å². The van der Waals surface area contributed by atoms with Crippen molar-refractivity contribution in [3.8, 4) is 0 Å². The van der Waals surface area contributed by atoms with Gasteiger partial charge in [-0.25, -0.2) is 8.42 Å². The molecule has 0 saturated heterocycles. The Morgan fingerprint density at radius 3 is 2.52 bits per heavy atom. The van der Waals surface area contributed by atoms with Gasteiger partial charge in [0.15, 0.2) is 0 Å². The van der Waals surface area contributed by atoms with Gasteiger partial charge in [0.05, 0.1) is 12.7 Å². The average Bonchev–Trinajstić information content (AvgIpc) is 2.70. The normalized spacial score (nSPS) is 15.8. The molecule has 6 heteroatoms. The lowest BCUT2D eigenvalue weighted by Gasteiger charge is -2.20. The predicted molar refractivity (Wildman–Crippen MR) is 80.1 cm³/mol. The number of rotatable bonds is 3. The van der Waals surface area contributed by atoms with E-state index < -0.39 is 15.6 Å². The second-order valence-corrected chi connectivity index (χ2v) is 8.33. The highest BCUT2D eigenvalue weighted by molar-refractivity contribution is 7.88. The fourth-order valence-electron chi connectivity index (χ4n) is 2.39. The van der Waals surface area contributed by atoms with Crippen LogP contribution in [0.1, 0.15) is 37.5 Å². The van der Waals surface area contributed by atoms with E-state index in [4.69, 9.17) is 4.74 Å². The largest absolute Gasteiger partial charge is 0.460 e. The molecule has 0 amide bonds. The van der Waals surface area contributed by atoms with E-state index in [1.54, 1.807) is 0 Å². The molecular weight excluding hydrogens is 290 g/mol. The van der Waals surface area contributed by atoms with Crippen LogP contribution in [0.25, 0.3) is 0 Å². The molecule has 0 spiro atoms. The third-order valence-corrected chi connectivity index (χ3v) is 4.47. The van der Waals surface area contributed by atoms with Gasteiger partial charge >= 0.3 is 5.97 Å². The summed E-state index contributed by atoms with van der Waals surface area (Å²) in [6.45, 7) is 6.17. The zero-order valence-electron chi connectivity index (χ0n) is 12.8. The monoisotopic (exact) mass is 311 g/mol. The molecule has 116 valence electrons. The number of fused-ring (bicyclic) bond motifs is 1. The second-order valence-electron chi connectivity index (χ2n) is 6.35. The maximum Gasteiger partial charge on any atom is 0.310 e. The molecule has 0 bridgehead atoms. The van der Waals surface area contributed by atoms with Crippen LogP contribution in [0, 0.1) is 0 Å². The number of hydrogen-bond acceptors (Lipinski definition) is 4. The Balaban J connectivity index is 2.19. The summed E-state index contributed by atoms with van der Waals surface area (Å²) in [5.41, 5.74) is 2.21. The highest BCUT2D eigenvalue weighted by atomic mass is 32.2. The van der Waals surface area contributed by atoms with Crippen molar-refractivity contribution in [2.75, 3.05) is 6.26 Å². The van der Waals surface area contributed by atoms with Crippen molar-refractivity contribution < 1.29 is 17.9 Å². The number of esters is 1. The van der Waals surface area contributed by atoms with Gasteiger partial charge in [-0.15, -0.1) is 0 Å². The number of hydrogen-bond donors (Lipinski definition) is 0. The second kappa shape index (κ2) is 5.42. The Bertz CT molecular complexity index is 659. The molecule has 21 heavy (non-hydrogen) atoms. The summed E-state index contributed by atoms with van der Waals surface area (Å²) in [5.74, 6) is -0.297. The smallest absolute Gasteiger partial charge is 0.310 e. The zero-order chi connectivity index (χ0) is 15.8. The molecule has 1 aromatic rings. The van der Waals surface area contributed by atoms with E-state index in [2.05, 4.69) is 0 Å². The summed E-state index contributed by atoms with van der Waals surface area (Å²) in [6, 6.07) is 5.61. The van der Waals surface area contributed by atoms with Crippen molar-refractivity contribution >= 4 is 16.0 Å². The third-order valence-electron chi connectivity index (χ3n) is 3.28. The topological polar surface area (TPSA) is 63.7 Å². The van der Waals surface area contributed by atoms with Crippen molar-refractivity contribution in [3.63, 3.8) is 0 Å². The number of nitrogens with zero attached hydrogens (tertiary/aromatic N) is 1. The summed E-state index contributed by atoms with van der Waals surface area (Å²) in [5, 5.41) is 0. The highest BCUT2D eigenvalue weighted by Crippen LogP contribution is 2.28. The standard InChI is InChI=1S/C15H21NO4S/c1-15(2,3)20-14(17)8-11-6-5-7-12-9-16(10-13(11)12)21(4,18)19/h5-7H,8-10H2,1-4H3.